The zero-order valence-corrected chi connectivity index (χ0v) is 9.46. The molecule has 5 heteroatoms. The highest BCUT2D eigenvalue weighted by atomic mass is 79.9. The molecule has 0 saturated heterocycles. The molecule has 0 radical (unpaired) electrons. The minimum absolute atomic E-state index is 0.367. The average Bonchev–Trinajstić information content (AvgIpc) is 2.46. The fraction of sp³-hybridized carbons (Fsp3) is 0.500. The molecule has 1 aromatic rings. The van der Waals surface area contributed by atoms with Gasteiger partial charge in [0.25, 0.3) is 6.43 Å². The Labute approximate surface area is 88.3 Å². The molecule has 0 bridgehead atoms. The molecule has 0 saturated carbocycles. The first-order valence-corrected chi connectivity index (χ1v) is 5.49. The molecule has 0 fully saturated rings. The Morgan fingerprint density at radius 2 is 2.31 bits per heavy atom. The van der Waals surface area contributed by atoms with E-state index in [1.807, 2.05) is 11.4 Å². The summed E-state index contributed by atoms with van der Waals surface area (Å²) in [5.41, 5.74) is 0. The number of halogens is 3. The molecular weight excluding hydrogens is 260 g/mol. The second kappa shape index (κ2) is 5.02. The van der Waals surface area contributed by atoms with Crippen LogP contribution in [0.15, 0.2) is 15.9 Å². The van der Waals surface area contributed by atoms with E-state index in [9.17, 15) is 8.78 Å². The molecule has 0 amide bonds. The molecule has 1 atom stereocenters. The van der Waals surface area contributed by atoms with Crippen LogP contribution in [0.2, 0.25) is 0 Å². The Kier molecular flexibility index (Phi) is 4.28. The molecule has 1 heterocycles. The Morgan fingerprint density at radius 3 is 2.69 bits per heavy atom. The summed E-state index contributed by atoms with van der Waals surface area (Å²) >= 11 is 4.80. The van der Waals surface area contributed by atoms with Gasteiger partial charge in [0, 0.05) is 15.8 Å². The Bertz CT molecular complexity index is 264. The maximum absolute atomic E-state index is 12.4. The Balaban J connectivity index is 2.62. The van der Waals surface area contributed by atoms with Gasteiger partial charge in [0.15, 0.2) is 0 Å². The third kappa shape index (κ3) is 3.00. The molecule has 1 rings (SSSR count). The average molecular weight is 270 g/mol. The van der Waals surface area contributed by atoms with Gasteiger partial charge in [0.05, 0.1) is 6.04 Å². The highest BCUT2D eigenvalue weighted by molar-refractivity contribution is 9.10. The minimum Gasteiger partial charge on any atom is -0.312 e. The van der Waals surface area contributed by atoms with Gasteiger partial charge in [-0.25, -0.2) is 8.78 Å². The van der Waals surface area contributed by atoms with Gasteiger partial charge in [0.2, 0.25) is 0 Å². The molecule has 1 N–H and O–H groups in total. The summed E-state index contributed by atoms with van der Waals surface area (Å²) in [5.74, 6) is 0. The number of hydrogen-bond donors (Lipinski definition) is 1. The van der Waals surface area contributed by atoms with Crippen LogP contribution in [0, 0.1) is 0 Å². The van der Waals surface area contributed by atoms with E-state index in [1.165, 1.54) is 11.3 Å². The minimum atomic E-state index is -2.32. The van der Waals surface area contributed by atoms with Crippen molar-refractivity contribution in [2.24, 2.45) is 0 Å². The molecule has 0 aliphatic heterocycles. The second-order valence-electron chi connectivity index (χ2n) is 2.63. The van der Waals surface area contributed by atoms with E-state index in [0.717, 1.165) is 9.35 Å². The lowest BCUT2D eigenvalue weighted by Crippen LogP contribution is -2.34. The summed E-state index contributed by atoms with van der Waals surface area (Å²) in [4.78, 5) is 0.958. The van der Waals surface area contributed by atoms with E-state index in [-0.39, 0.29) is 0 Å². The maximum Gasteiger partial charge on any atom is 0.254 e. The number of rotatable bonds is 4. The molecule has 0 spiro atoms. The number of likely N-dealkylation sites (N-methyl/N-ethyl adjacent to an activating group) is 1. The van der Waals surface area contributed by atoms with E-state index in [4.69, 9.17) is 0 Å². The number of hydrogen-bond acceptors (Lipinski definition) is 2. The van der Waals surface area contributed by atoms with Crippen LogP contribution in [0.3, 0.4) is 0 Å². The SMILES string of the molecule is CNC(Cc1sccc1Br)C(F)F. The van der Waals surface area contributed by atoms with E-state index < -0.39 is 12.5 Å². The van der Waals surface area contributed by atoms with E-state index in [2.05, 4.69) is 21.2 Å². The van der Waals surface area contributed by atoms with Crippen molar-refractivity contribution < 1.29 is 8.78 Å². The molecule has 1 aromatic heterocycles. The molecule has 0 aliphatic rings. The lowest BCUT2D eigenvalue weighted by molar-refractivity contribution is 0.102. The molecule has 1 unspecified atom stereocenters. The van der Waals surface area contributed by atoms with Crippen molar-refractivity contribution in [1.82, 2.24) is 5.32 Å². The van der Waals surface area contributed by atoms with Crippen molar-refractivity contribution in [2.75, 3.05) is 7.05 Å². The van der Waals surface area contributed by atoms with Crippen molar-refractivity contribution in [1.29, 1.82) is 0 Å². The summed E-state index contributed by atoms with van der Waals surface area (Å²) in [6.07, 6.45) is -1.95. The first-order chi connectivity index (χ1) is 6.15. The second-order valence-corrected chi connectivity index (χ2v) is 4.48. The van der Waals surface area contributed by atoms with Gasteiger partial charge in [-0.15, -0.1) is 11.3 Å². The van der Waals surface area contributed by atoms with Crippen LogP contribution in [-0.4, -0.2) is 19.5 Å². The Hall–Kier alpha value is -0.0000000000000000555. The first kappa shape index (κ1) is 11.1. The topological polar surface area (TPSA) is 12.0 Å². The monoisotopic (exact) mass is 269 g/mol. The maximum atomic E-state index is 12.4. The van der Waals surface area contributed by atoms with Crippen LogP contribution in [0.25, 0.3) is 0 Å². The fourth-order valence-corrected chi connectivity index (χ4v) is 2.56. The van der Waals surface area contributed by atoms with E-state index >= 15 is 0 Å². The lowest BCUT2D eigenvalue weighted by Gasteiger charge is -2.13. The van der Waals surface area contributed by atoms with Crippen LogP contribution in [-0.2, 0) is 6.42 Å². The molecule has 0 aromatic carbocycles. The van der Waals surface area contributed by atoms with Gasteiger partial charge < -0.3 is 5.32 Å². The zero-order valence-electron chi connectivity index (χ0n) is 7.06. The van der Waals surface area contributed by atoms with Gasteiger partial charge in [-0.3, -0.25) is 0 Å². The summed E-state index contributed by atoms with van der Waals surface area (Å²) in [6.45, 7) is 0. The van der Waals surface area contributed by atoms with Gasteiger partial charge in [0.1, 0.15) is 0 Å². The molecule has 0 aliphatic carbocycles. The van der Waals surface area contributed by atoms with Gasteiger partial charge in [-0.05, 0) is 34.4 Å². The van der Waals surface area contributed by atoms with Crippen LogP contribution >= 0.6 is 27.3 Å². The van der Waals surface area contributed by atoms with Gasteiger partial charge >= 0.3 is 0 Å². The normalized spacial score (nSPS) is 13.6. The van der Waals surface area contributed by atoms with Crippen molar-refractivity contribution in [3.05, 3.63) is 20.8 Å². The van der Waals surface area contributed by atoms with Crippen molar-refractivity contribution in [3.8, 4) is 0 Å². The third-order valence-corrected chi connectivity index (χ3v) is 3.72. The summed E-state index contributed by atoms with van der Waals surface area (Å²) in [6, 6.07) is 1.12. The standard InChI is InChI=1S/C8H10BrF2NS/c1-12-6(8(10)11)4-7-5(9)2-3-13-7/h2-3,6,8,12H,4H2,1H3. The molecular formula is C8H10BrF2NS. The number of alkyl halides is 2. The Morgan fingerprint density at radius 1 is 1.62 bits per heavy atom. The van der Waals surface area contributed by atoms with Crippen LogP contribution in [0.5, 0.6) is 0 Å². The summed E-state index contributed by atoms with van der Waals surface area (Å²) in [5, 5.41) is 4.49. The highest BCUT2D eigenvalue weighted by Gasteiger charge is 2.19. The van der Waals surface area contributed by atoms with E-state index in [1.54, 1.807) is 7.05 Å². The van der Waals surface area contributed by atoms with Crippen molar-refractivity contribution >= 4 is 27.3 Å². The summed E-state index contributed by atoms with van der Waals surface area (Å²) < 4.78 is 25.6. The summed E-state index contributed by atoms with van der Waals surface area (Å²) in [7, 11) is 1.55. The molecule has 74 valence electrons. The number of thiophene rings is 1. The quantitative estimate of drug-likeness (QED) is 0.887. The molecule has 1 nitrogen and oxygen atoms in total. The predicted molar refractivity (Wildman–Crippen MR) is 54.6 cm³/mol. The fourth-order valence-electron chi connectivity index (χ4n) is 0.988. The number of nitrogens with one attached hydrogen (secondary N) is 1. The van der Waals surface area contributed by atoms with Gasteiger partial charge in [-0.1, -0.05) is 0 Å². The van der Waals surface area contributed by atoms with Gasteiger partial charge in [-0.2, -0.15) is 0 Å². The third-order valence-electron chi connectivity index (χ3n) is 1.77. The van der Waals surface area contributed by atoms with Crippen LogP contribution < -0.4 is 5.32 Å². The predicted octanol–water partition coefficient (Wildman–Crippen LogP) is 2.91. The van der Waals surface area contributed by atoms with Crippen LogP contribution in [0.1, 0.15) is 4.88 Å². The largest absolute Gasteiger partial charge is 0.312 e. The smallest absolute Gasteiger partial charge is 0.254 e. The zero-order chi connectivity index (χ0) is 9.84. The van der Waals surface area contributed by atoms with E-state index in [0.29, 0.717) is 6.42 Å². The van der Waals surface area contributed by atoms with Crippen molar-refractivity contribution in [2.45, 2.75) is 18.9 Å². The lowest BCUT2D eigenvalue weighted by atomic mass is 10.2. The van der Waals surface area contributed by atoms with Crippen molar-refractivity contribution in [3.63, 3.8) is 0 Å². The molecule has 13 heavy (non-hydrogen) atoms. The van der Waals surface area contributed by atoms with Crippen LogP contribution in [0.4, 0.5) is 8.78 Å². The first-order valence-electron chi connectivity index (χ1n) is 3.82. The highest BCUT2D eigenvalue weighted by Crippen LogP contribution is 2.24.